The first-order valence-electron chi connectivity index (χ1n) is 8.19. The molecule has 1 heterocycles. The molecule has 1 aromatic rings. The molecule has 0 aromatic heterocycles. The topological polar surface area (TPSA) is 105 Å². The van der Waals surface area contributed by atoms with Crippen LogP contribution in [0.5, 0.6) is 5.75 Å². The van der Waals surface area contributed by atoms with Crippen molar-refractivity contribution in [2.45, 2.75) is 18.9 Å². The molecule has 1 saturated heterocycles. The molecule has 25 heavy (non-hydrogen) atoms. The highest BCUT2D eigenvalue weighted by atomic mass is 16.5. The fraction of sp³-hybridized carbons (Fsp3) is 0.471. The molecule has 2 fully saturated rings. The molecular weight excluding hydrogens is 328 g/mol. The van der Waals surface area contributed by atoms with Gasteiger partial charge in [-0.05, 0) is 25.0 Å². The van der Waals surface area contributed by atoms with Gasteiger partial charge in [0.2, 0.25) is 5.91 Å². The first kappa shape index (κ1) is 17.2. The van der Waals surface area contributed by atoms with Crippen molar-refractivity contribution < 1.29 is 29.0 Å². The number of hydrogen-bond donors (Lipinski definition) is 2. The number of benzene rings is 1. The van der Waals surface area contributed by atoms with Crippen LogP contribution in [0.2, 0.25) is 0 Å². The molecule has 1 atom stereocenters. The number of carboxylic acid groups (broad SMARTS) is 1. The van der Waals surface area contributed by atoms with Crippen LogP contribution in [-0.2, 0) is 19.1 Å². The maximum absolute atomic E-state index is 12.2. The van der Waals surface area contributed by atoms with E-state index in [0.717, 1.165) is 12.8 Å². The van der Waals surface area contributed by atoms with Gasteiger partial charge < -0.3 is 24.8 Å². The summed E-state index contributed by atoms with van der Waals surface area (Å²) < 4.78 is 10.6. The maximum Gasteiger partial charge on any atom is 0.334 e. The molecule has 1 unspecified atom stereocenters. The van der Waals surface area contributed by atoms with Gasteiger partial charge >= 0.3 is 5.97 Å². The number of anilines is 1. The third-order valence-corrected chi connectivity index (χ3v) is 4.11. The minimum atomic E-state index is -1.09. The van der Waals surface area contributed by atoms with E-state index < -0.39 is 12.1 Å². The van der Waals surface area contributed by atoms with Crippen molar-refractivity contribution in [2.75, 3.05) is 31.6 Å². The molecule has 1 saturated carbocycles. The highest BCUT2D eigenvalue weighted by molar-refractivity contribution is 5.94. The van der Waals surface area contributed by atoms with Crippen molar-refractivity contribution in [3.8, 4) is 5.75 Å². The lowest BCUT2D eigenvalue weighted by molar-refractivity contribution is -0.159. The summed E-state index contributed by atoms with van der Waals surface area (Å²) in [6, 6.07) is 6.85. The molecule has 1 aliphatic heterocycles. The minimum absolute atomic E-state index is 0.00116. The van der Waals surface area contributed by atoms with Gasteiger partial charge in [-0.2, -0.15) is 0 Å². The van der Waals surface area contributed by atoms with Crippen LogP contribution in [0.4, 0.5) is 5.69 Å². The quantitative estimate of drug-likeness (QED) is 0.785. The molecular formula is C17H20N2O6. The monoisotopic (exact) mass is 348 g/mol. The molecule has 3 rings (SSSR count). The van der Waals surface area contributed by atoms with Crippen LogP contribution < -0.4 is 10.1 Å². The average molecular weight is 348 g/mol. The zero-order chi connectivity index (χ0) is 17.8. The lowest BCUT2D eigenvalue weighted by atomic mass is 10.2. The van der Waals surface area contributed by atoms with E-state index in [1.807, 2.05) is 0 Å². The van der Waals surface area contributed by atoms with Crippen LogP contribution in [0.25, 0.3) is 0 Å². The SMILES string of the molecule is O=C(Nc1cccc(OCC(=O)N2CCOC(C(=O)O)C2)c1)C1CC1. The molecule has 2 N–H and O–H groups in total. The summed E-state index contributed by atoms with van der Waals surface area (Å²) in [6.45, 7) is 0.330. The highest BCUT2D eigenvalue weighted by Crippen LogP contribution is 2.30. The predicted octanol–water partition coefficient (Wildman–Crippen LogP) is 0.726. The van der Waals surface area contributed by atoms with Gasteiger partial charge in [0, 0.05) is 24.2 Å². The van der Waals surface area contributed by atoms with Gasteiger partial charge in [-0.25, -0.2) is 4.79 Å². The molecule has 0 radical (unpaired) electrons. The minimum Gasteiger partial charge on any atom is -0.484 e. The molecule has 0 spiro atoms. The number of carbonyl (C=O) groups excluding carboxylic acids is 2. The van der Waals surface area contributed by atoms with Crippen molar-refractivity contribution in [3.63, 3.8) is 0 Å². The number of carboxylic acids is 1. The summed E-state index contributed by atoms with van der Waals surface area (Å²) >= 11 is 0. The van der Waals surface area contributed by atoms with Crippen LogP contribution in [0, 0.1) is 5.92 Å². The maximum atomic E-state index is 12.2. The van der Waals surface area contributed by atoms with Gasteiger partial charge in [0.05, 0.1) is 13.2 Å². The van der Waals surface area contributed by atoms with Crippen LogP contribution in [-0.4, -0.2) is 60.2 Å². The first-order chi connectivity index (χ1) is 12.0. The van der Waals surface area contributed by atoms with E-state index in [2.05, 4.69) is 5.32 Å². The van der Waals surface area contributed by atoms with Crippen molar-refractivity contribution in [1.82, 2.24) is 4.90 Å². The Balaban J connectivity index is 1.51. The van der Waals surface area contributed by atoms with Crippen molar-refractivity contribution in [1.29, 1.82) is 0 Å². The van der Waals surface area contributed by atoms with Crippen LogP contribution in [0.1, 0.15) is 12.8 Å². The zero-order valence-electron chi connectivity index (χ0n) is 13.6. The lowest BCUT2D eigenvalue weighted by Gasteiger charge is -2.30. The molecule has 8 heteroatoms. The predicted molar refractivity (Wildman–Crippen MR) is 87.2 cm³/mol. The second kappa shape index (κ2) is 7.52. The normalized spacial score (nSPS) is 20.0. The van der Waals surface area contributed by atoms with E-state index in [9.17, 15) is 14.4 Å². The van der Waals surface area contributed by atoms with Gasteiger partial charge in [-0.15, -0.1) is 0 Å². The Kier molecular flexibility index (Phi) is 5.18. The number of amides is 2. The number of morpholine rings is 1. The van der Waals surface area contributed by atoms with E-state index in [0.29, 0.717) is 18.0 Å². The van der Waals surface area contributed by atoms with E-state index in [1.54, 1.807) is 24.3 Å². The Labute approximate surface area is 144 Å². The Morgan fingerprint density at radius 1 is 1.32 bits per heavy atom. The van der Waals surface area contributed by atoms with Crippen molar-refractivity contribution in [3.05, 3.63) is 24.3 Å². The van der Waals surface area contributed by atoms with Gasteiger partial charge in [0.25, 0.3) is 5.91 Å². The number of nitrogens with zero attached hydrogens (tertiary/aromatic N) is 1. The number of nitrogens with one attached hydrogen (secondary N) is 1. The van der Waals surface area contributed by atoms with E-state index >= 15 is 0 Å². The Morgan fingerprint density at radius 3 is 2.84 bits per heavy atom. The van der Waals surface area contributed by atoms with E-state index in [1.165, 1.54) is 4.90 Å². The third-order valence-electron chi connectivity index (χ3n) is 4.11. The summed E-state index contributed by atoms with van der Waals surface area (Å²) in [4.78, 5) is 36.3. The summed E-state index contributed by atoms with van der Waals surface area (Å²) in [7, 11) is 0. The fourth-order valence-corrected chi connectivity index (χ4v) is 2.52. The van der Waals surface area contributed by atoms with Gasteiger partial charge in [-0.1, -0.05) is 6.07 Å². The van der Waals surface area contributed by atoms with E-state index in [-0.39, 0.29) is 37.5 Å². The van der Waals surface area contributed by atoms with Crippen LogP contribution in [0.15, 0.2) is 24.3 Å². The fourth-order valence-electron chi connectivity index (χ4n) is 2.52. The van der Waals surface area contributed by atoms with Gasteiger partial charge in [-0.3, -0.25) is 9.59 Å². The Hall–Kier alpha value is -2.61. The average Bonchev–Trinajstić information content (AvgIpc) is 3.45. The number of carbonyl (C=O) groups is 3. The standard InChI is InChI=1S/C17H20N2O6/c20-15(19-6-7-24-14(9-19)17(22)23)10-25-13-3-1-2-12(8-13)18-16(21)11-4-5-11/h1-3,8,11,14H,4-7,9-10H2,(H,18,21)(H,22,23). The summed E-state index contributed by atoms with van der Waals surface area (Å²) in [5, 5.41) is 11.8. The smallest absolute Gasteiger partial charge is 0.334 e. The largest absolute Gasteiger partial charge is 0.484 e. The second-order valence-electron chi connectivity index (χ2n) is 6.12. The summed E-state index contributed by atoms with van der Waals surface area (Å²) in [5.74, 6) is -0.819. The molecule has 0 bridgehead atoms. The molecule has 2 aliphatic rings. The van der Waals surface area contributed by atoms with Gasteiger partial charge in [0.1, 0.15) is 5.75 Å². The zero-order valence-corrected chi connectivity index (χ0v) is 13.6. The highest BCUT2D eigenvalue weighted by Gasteiger charge is 2.30. The van der Waals surface area contributed by atoms with Gasteiger partial charge in [0.15, 0.2) is 12.7 Å². The Morgan fingerprint density at radius 2 is 2.12 bits per heavy atom. The number of ether oxygens (including phenoxy) is 2. The number of hydrogen-bond acceptors (Lipinski definition) is 5. The number of rotatable bonds is 6. The summed E-state index contributed by atoms with van der Waals surface area (Å²) in [6.07, 6.45) is 0.847. The first-order valence-corrected chi connectivity index (χ1v) is 8.19. The van der Waals surface area contributed by atoms with Crippen LogP contribution in [0.3, 0.4) is 0 Å². The molecule has 2 amide bonds. The molecule has 134 valence electrons. The van der Waals surface area contributed by atoms with Crippen LogP contribution >= 0.6 is 0 Å². The van der Waals surface area contributed by atoms with E-state index in [4.69, 9.17) is 14.6 Å². The summed E-state index contributed by atoms with van der Waals surface area (Å²) in [5.41, 5.74) is 0.624. The molecule has 1 aliphatic carbocycles. The lowest BCUT2D eigenvalue weighted by Crippen LogP contribution is -2.49. The number of aliphatic carboxylic acids is 1. The second-order valence-corrected chi connectivity index (χ2v) is 6.12. The van der Waals surface area contributed by atoms with Crippen molar-refractivity contribution >= 4 is 23.5 Å². The van der Waals surface area contributed by atoms with Crippen molar-refractivity contribution in [2.24, 2.45) is 5.92 Å². The Bertz CT molecular complexity index is 673. The molecule has 8 nitrogen and oxygen atoms in total. The molecule has 1 aromatic carbocycles. The third kappa shape index (κ3) is 4.69.